The van der Waals surface area contributed by atoms with Crippen molar-refractivity contribution in [1.82, 2.24) is 24.6 Å². The van der Waals surface area contributed by atoms with Gasteiger partial charge in [0.25, 0.3) is 5.91 Å². The van der Waals surface area contributed by atoms with Gasteiger partial charge in [0.05, 0.1) is 31.3 Å². The van der Waals surface area contributed by atoms with Crippen LogP contribution in [-0.2, 0) is 19.5 Å². The molecule has 41 heavy (non-hydrogen) atoms. The Morgan fingerprint density at radius 1 is 1.15 bits per heavy atom. The van der Waals surface area contributed by atoms with Gasteiger partial charge in [-0.05, 0) is 62.9 Å². The predicted octanol–water partition coefficient (Wildman–Crippen LogP) is 3.30. The quantitative estimate of drug-likeness (QED) is 0.304. The molecule has 0 saturated heterocycles. The number of aromatic hydroxyl groups is 1. The number of amides is 1. The first-order valence-electron chi connectivity index (χ1n) is 13.5. The number of aromatic amines is 1. The first kappa shape index (κ1) is 27.8. The summed E-state index contributed by atoms with van der Waals surface area (Å²) in [6.45, 7) is 9.26. The van der Waals surface area contributed by atoms with Crippen molar-refractivity contribution in [3.63, 3.8) is 0 Å². The van der Waals surface area contributed by atoms with Crippen molar-refractivity contribution in [2.24, 2.45) is 4.99 Å². The summed E-state index contributed by atoms with van der Waals surface area (Å²) >= 11 is 0. The Kier molecular flexibility index (Phi) is 7.69. The maximum Gasteiger partial charge on any atom is 0.330 e. The average Bonchev–Trinajstić information content (AvgIpc) is 3.37. The fourth-order valence-corrected chi connectivity index (χ4v) is 5.35. The van der Waals surface area contributed by atoms with Crippen molar-refractivity contribution in [3.05, 3.63) is 80.4 Å². The number of benzene rings is 2. The highest BCUT2D eigenvalue weighted by atomic mass is 16.5. The molecule has 0 saturated carbocycles. The summed E-state index contributed by atoms with van der Waals surface area (Å²) in [5.41, 5.74) is 6.80. The highest BCUT2D eigenvalue weighted by molar-refractivity contribution is 5.94. The van der Waals surface area contributed by atoms with Gasteiger partial charge in [-0.25, -0.2) is 9.79 Å². The highest BCUT2D eigenvalue weighted by Gasteiger charge is 2.23. The third-order valence-corrected chi connectivity index (χ3v) is 7.19. The van der Waals surface area contributed by atoms with Gasteiger partial charge in [-0.2, -0.15) is 5.10 Å². The molecule has 0 fully saturated rings. The Bertz CT molecular complexity index is 1740. The molecule has 4 aromatic rings. The third kappa shape index (κ3) is 5.34. The largest absolute Gasteiger partial charge is 0.504 e. The lowest BCUT2D eigenvalue weighted by molar-refractivity contribution is 0.0944. The van der Waals surface area contributed by atoms with Crippen LogP contribution in [0.2, 0.25) is 0 Å². The normalized spacial score (nSPS) is 12.6. The molecule has 1 aliphatic heterocycles. The van der Waals surface area contributed by atoms with Gasteiger partial charge in [0.15, 0.2) is 22.9 Å². The second-order valence-corrected chi connectivity index (χ2v) is 10.1. The Balaban J connectivity index is 1.63. The van der Waals surface area contributed by atoms with Crippen molar-refractivity contribution in [2.45, 2.75) is 47.2 Å². The maximum atomic E-state index is 14.0. The number of rotatable bonds is 8. The molecule has 1 amide bonds. The van der Waals surface area contributed by atoms with Gasteiger partial charge in [-0.15, -0.1) is 0 Å². The minimum atomic E-state index is -0.520. The van der Waals surface area contributed by atoms with Crippen LogP contribution in [0.1, 0.15) is 39.7 Å². The van der Waals surface area contributed by atoms with Crippen LogP contribution in [0, 0.1) is 20.8 Å². The predicted molar refractivity (Wildman–Crippen MR) is 154 cm³/mol. The van der Waals surface area contributed by atoms with Gasteiger partial charge in [-0.3, -0.25) is 19.0 Å². The number of aryl methyl sites for hydroxylation is 4. The molecule has 1 aliphatic rings. The molecule has 0 atom stereocenters. The van der Waals surface area contributed by atoms with Crippen LogP contribution in [0.3, 0.4) is 0 Å². The molecule has 2 aromatic carbocycles. The van der Waals surface area contributed by atoms with Gasteiger partial charge in [-0.1, -0.05) is 17.7 Å². The first-order valence-corrected chi connectivity index (χ1v) is 13.5. The summed E-state index contributed by atoms with van der Waals surface area (Å²) in [5.74, 6) is 0.502. The Labute approximate surface area is 237 Å². The van der Waals surface area contributed by atoms with E-state index in [9.17, 15) is 14.7 Å². The highest BCUT2D eigenvalue weighted by Crippen LogP contribution is 2.37. The maximum absolute atomic E-state index is 14.0. The van der Waals surface area contributed by atoms with E-state index in [-0.39, 0.29) is 30.2 Å². The summed E-state index contributed by atoms with van der Waals surface area (Å²) < 4.78 is 14.7. The van der Waals surface area contributed by atoms with Crippen molar-refractivity contribution in [2.75, 3.05) is 20.3 Å². The molecular weight excluding hydrogens is 524 g/mol. The van der Waals surface area contributed by atoms with Gasteiger partial charge < -0.3 is 19.9 Å². The number of carbonyl (C=O) groups excluding carboxylic acids is 1. The lowest BCUT2D eigenvalue weighted by Crippen LogP contribution is -2.44. The van der Waals surface area contributed by atoms with Gasteiger partial charge in [0, 0.05) is 31.3 Å². The monoisotopic (exact) mass is 558 g/mol. The van der Waals surface area contributed by atoms with Crippen molar-refractivity contribution >= 4 is 11.6 Å². The summed E-state index contributed by atoms with van der Waals surface area (Å²) in [6.07, 6.45) is 1.81. The van der Waals surface area contributed by atoms with E-state index in [1.165, 1.54) is 0 Å². The standard InChI is InChI=1S/C30H34N6O5/c1-6-41-25-13-20-7-9-35-22(21(20)14-24(25)40-5)15-26(33-27-18(3)11-17(2)12-19(27)4)36(30(35)39)10-8-31-29(38)28-23(37)16-32-34-28/h11-16,37H,6-10H2,1-5H3,(H,31,38)(H,32,34). The van der Waals surface area contributed by atoms with Crippen molar-refractivity contribution < 1.29 is 19.4 Å². The van der Waals surface area contributed by atoms with E-state index in [1.54, 1.807) is 16.2 Å². The second-order valence-electron chi connectivity index (χ2n) is 10.1. The molecule has 0 bridgehead atoms. The molecule has 3 N–H and O–H groups in total. The zero-order chi connectivity index (χ0) is 29.3. The van der Waals surface area contributed by atoms with Crippen LogP contribution in [0.4, 0.5) is 5.69 Å². The molecule has 5 rings (SSSR count). The van der Waals surface area contributed by atoms with E-state index in [0.717, 1.165) is 45.4 Å². The summed E-state index contributed by atoms with van der Waals surface area (Å²) in [4.78, 5) is 31.5. The summed E-state index contributed by atoms with van der Waals surface area (Å²) in [6, 6.07) is 9.94. The summed E-state index contributed by atoms with van der Waals surface area (Å²) in [5, 5.41) is 18.7. The number of nitrogens with one attached hydrogen (secondary N) is 2. The van der Waals surface area contributed by atoms with Crippen LogP contribution in [0.25, 0.3) is 11.3 Å². The number of fused-ring (bicyclic) bond motifs is 3. The average molecular weight is 559 g/mol. The van der Waals surface area contributed by atoms with Gasteiger partial charge in [0.1, 0.15) is 5.49 Å². The SMILES string of the molecule is CCOc1cc2c(cc1OC)-c1cc(=Nc3c(C)cc(C)cc3C)n(CCNC(=O)c3[nH]ncc3O)c(=O)n1CC2. The van der Waals surface area contributed by atoms with Crippen molar-refractivity contribution in [1.29, 1.82) is 0 Å². The molecule has 2 aromatic heterocycles. The van der Waals surface area contributed by atoms with Crippen molar-refractivity contribution in [3.8, 4) is 28.5 Å². The minimum Gasteiger partial charge on any atom is -0.504 e. The van der Waals surface area contributed by atoms with E-state index in [0.29, 0.717) is 36.6 Å². The zero-order valence-electron chi connectivity index (χ0n) is 23.9. The molecule has 0 unspecified atom stereocenters. The lowest BCUT2D eigenvalue weighted by Gasteiger charge is -2.25. The third-order valence-electron chi connectivity index (χ3n) is 7.19. The first-order chi connectivity index (χ1) is 19.7. The smallest absolute Gasteiger partial charge is 0.330 e. The molecule has 0 radical (unpaired) electrons. The molecule has 11 nitrogen and oxygen atoms in total. The van der Waals surface area contributed by atoms with Crippen LogP contribution in [0.15, 0.2) is 46.3 Å². The van der Waals surface area contributed by atoms with Crippen LogP contribution >= 0.6 is 0 Å². The number of H-pyrrole nitrogens is 1. The fourth-order valence-electron chi connectivity index (χ4n) is 5.35. The number of nitrogens with zero attached hydrogens (tertiary/aromatic N) is 4. The minimum absolute atomic E-state index is 0.0371. The fraction of sp³-hybridized carbons (Fsp3) is 0.333. The Morgan fingerprint density at radius 2 is 1.90 bits per heavy atom. The Hall–Kier alpha value is -4.80. The zero-order valence-corrected chi connectivity index (χ0v) is 23.9. The summed E-state index contributed by atoms with van der Waals surface area (Å²) in [7, 11) is 1.60. The van der Waals surface area contributed by atoms with Crippen LogP contribution in [0.5, 0.6) is 17.2 Å². The van der Waals surface area contributed by atoms with Gasteiger partial charge >= 0.3 is 5.69 Å². The molecule has 11 heteroatoms. The van der Waals surface area contributed by atoms with E-state index in [4.69, 9.17) is 14.5 Å². The van der Waals surface area contributed by atoms with Gasteiger partial charge in [0.2, 0.25) is 0 Å². The number of hydrogen-bond acceptors (Lipinski definition) is 7. The van der Waals surface area contributed by atoms with Crippen LogP contribution < -0.4 is 26.0 Å². The number of carbonyl (C=O) groups is 1. The number of methoxy groups -OCH3 is 1. The number of ether oxygens (including phenoxy) is 2. The van der Waals surface area contributed by atoms with Crippen LogP contribution in [-0.4, -0.2) is 50.6 Å². The van der Waals surface area contributed by atoms with E-state index in [1.807, 2.05) is 45.9 Å². The molecular formula is C30H34N6O5. The second kappa shape index (κ2) is 11.4. The molecule has 0 aliphatic carbocycles. The molecule has 0 spiro atoms. The van der Waals surface area contributed by atoms with E-state index < -0.39 is 5.91 Å². The van der Waals surface area contributed by atoms with E-state index >= 15 is 0 Å². The number of aromatic nitrogens is 4. The number of hydrogen-bond donors (Lipinski definition) is 3. The lowest BCUT2D eigenvalue weighted by atomic mass is 9.97. The van der Waals surface area contributed by atoms with E-state index in [2.05, 4.69) is 27.6 Å². The molecule has 3 heterocycles. The topological polar surface area (TPSA) is 136 Å². The molecule has 214 valence electrons. The Morgan fingerprint density at radius 3 is 2.56 bits per heavy atom.